The Labute approximate surface area is 118 Å². The maximum absolute atomic E-state index is 12.3. The van der Waals surface area contributed by atoms with Crippen LogP contribution in [0.1, 0.15) is 25.3 Å². The molecular formula is C15H20N2O3. The molecule has 2 rings (SSSR count). The van der Waals surface area contributed by atoms with Gasteiger partial charge in [-0.15, -0.1) is 0 Å². The van der Waals surface area contributed by atoms with Crippen LogP contribution in [-0.4, -0.2) is 31.6 Å². The molecule has 1 fully saturated rings. The van der Waals surface area contributed by atoms with E-state index in [0.29, 0.717) is 19.4 Å². The summed E-state index contributed by atoms with van der Waals surface area (Å²) in [6.07, 6.45) is 0.951. The fourth-order valence-electron chi connectivity index (χ4n) is 2.46. The second-order valence-corrected chi connectivity index (χ2v) is 5.28. The Morgan fingerprint density at radius 1 is 1.45 bits per heavy atom. The van der Waals surface area contributed by atoms with Gasteiger partial charge >= 0.3 is 0 Å². The van der Waals surface area contributed by atoms with Crippen molar-refractivity contribution in [2.45, 2.75) is 31.3 Å². The summed E-state index contributed by atoms with van der Waals surface area (Å²) in [5.74, 6) is -0.238. The van der Waals surface area contributed by atoms with E-state index < -0.39 is 11.6 Å². The molecule has 0 unspecified atom stereocenters. The predicted octanol–water partition coefficient (Wildman–Crippen LogP) is 0.943. The van der Waals surface area contributed by atoms with Crippen molar-refractivity contribution >= 4 is 11.8 Å². The van der Waals surface area contributed by atoms with Crippen molar-refractivity contribution in [3.8, 4) is 0 Å². The summed E-state index contributed by atoms with van der Waals surface area (Å²) >= 11 is 0. The summed E-state index contributed by atoms with van der Waals surface area (Å²) in [5.41, 5.74) is 0.361. The van der Waals surface area contributed by atoms with Crippen LogP contribution in [0.25, 0.3) is 0 Å². The zero-order valence-electron chi connectivity index (χ0n) is 11.8. The molecular weight excluding hydrogens is 256 g/mol. The van der Waals surface area contributed by atoms with Gasteiger partial charge in [0.05, 0.1) is 12.1 Å². The van der Waals surface area contributed by atoms with E-state index in [2.05, 4.69) is 10.6 Å². The normalized spacial score (nSPS) is 21.1. The van der Waals surface area contributed by atoms with Crippen LogP contribution in [0.2, 0.25) is 0 Å². The Morgan fingerprint density at radius 2 is 2.15 bits per heavy atom. The summed E-state index contributed by atoms with van der Waals surface area (Å²) in [7, 11) is 1.60. The highest BCUT2D eigenvalue weighted by Crippen LogP contribution is 2.21. The Morgan fingerprint density at radius 3 is 2.70 bits per heavy atom. The van der Waals surface area contributed by atoms with Gasteiger partial charge in [-0.3, -0.25) is 9.59 Å². The van der Waals surface area contributed by atoms with Gasteiger partial charge in [-0.2, -0.15) is 0 Å². The van der Waals surface area contributed by atoms with Crippen molar-refractivity contribution in [1.29, 1.82) is 0 Å². The first kappa shape index (κ1) is 14.5. The average Bonchev–Trinajstić information content (AvgIpc) is 2.87. The van der Waals surface area contributed by atoms with Crippen LogP contribution in [0.4, 0.5) is 0 Å². The van der Waals surface area contributed by atoms with Crippen molar-refractivity contribution in [3.63, 3.8) is 0 Å². The third kappa shape index (κ3) is 3.17. The van der Waals surface area contributed by atoms with Gasteiger partial charge in [-0.05, 0) is 18.9 Å². The Balaban J connectivity index is 2.13. The lowest BCUT2D eigenvalue weighted by atomic mass is 9.92. The summed E-state index contributed by atoms with van der Waals surface area (Å²) in [6, 6.07) is 9.23. The van der Waals surface area contributed by atoms with E-state index in [0.717, 1.165) is 5.56 Å². The van der Waals surface area contributed by atoms with E-state index in [-0.39, 0.29) is 11.8 Å². The molecule has 1 saturated heterocycles. The summed E-state index contributed by atoms with van der Waals surface area (Å²) in [4.78, 5) is 23.5. The Hall–Kier alpha value is -1.88. The molecule has 1 aromatic rings. The lowest BCUT2D eigenvalue weighted by Gasteiger charge is -2.31. The number of hydrogen-bond donors (Lipinski definition) is 2. The molecule has 5 heteroatoms. The number of hydrogen-bond acceptors (Lipinski definition) is 3. The third-order valence-corrected chi connectivity index (χ3v) is 3.55. The molecule has 0 aromatic heterocycles. The molecule has 0 aliphatic carbocycles. The fraction of sp³-hybridized carbons (Fsp3) is 0.467. The number of nitrogens with one attached hydrogen (secondary N) is 2. The quantitative estimate of drug-likeness (QED) is 0.841. The summed E-state index contributed by atoms with van der Waals surface area (Å²) < 4.78 is 5.24. The van der Waals surface area contributed by atoms with E-state index in [1.165, 1.54) is 0 Å². The maximum atomic E-state index is 12.3. The highest BCUT2D eigenvalue weighted by Gasteiger charge is 2.34. The minimum absolute atomic E-state index is 0.0710. The van der Waals surface area contributed by atoms with Gasteiger partial charge in [0.15, 0.2) is 0 Å². The molecule has 0 saturated carbocycles. The zero-order valence-corrected chi connectivity index (χ0v) is 11.8. The summed E-state index contributed by atoms with van der Waals surface area (Å²) in [5, 5.41) is 5.67. The molecule has 0 spiro atoms. The van der Waals surface area contributed by atoms with Crippen molar-refractivity contribution in [3.05, 3.63) is 35.9 Å². The molecule has 1 heterocycles. The van der Waals surface area contributed by atoms with Crippen LogP contribution < -0.4 is 10.6 Å². The van der Waals surface area contributed by atoms with E-state index in [4.69, 9.17) is 4.74 Å². The standard InChI is InChI=1S/C15H20N2O3/c1-15(10-20-2,11-6-4-3-5-7-11)17-14(19)12-8-9-13(18)16-12/h3-7,12H,8-10H2,1-2H3,(H,16,18)(H,17,19)/t12-,15-/m1/s1. The van der Waals surface area contributed by atoms with Gasteiger partial charge in [-0.25, -0.2) is 0 Å². The van der Waals surface area contributed by atoms with E-state index in [1.54, 1.807) is 7.11 Å². The topological polar surface area (TPSA) is 67.4 Å². The number of carbonyl (C=O) groups is 2. The molecule has 1 aliphatic heterocycles. The van der Waals surface area contributed by atoms with E-state index in [1.807, 2.05) is 37.3 Å². The van der Waals surface area contributed by atoms with E-state index >= 15 is 0 Å². The number of amides is 2. The molecule has 108 valence electrons. The molecule has 5 nitrogen and oxygen atoms in total. The number of benzene rings is 1. The van der Waals surface area contributed by atoms with Gasteiger partial charge in [0.1, 0.15) is 6.04 Å². The second kappa shape index (κ2) is 6.05. The monoisotopic (exact) mass is 276 g/mol. The average molecular weight is 276 g/mol. The smallest absolute Gasteiger partial charge is 0.243 e. The van der Waals surface area contributed by atoms with Crippen LogP contribution in [0, 0.1) is 0 Å². The Kier molecular flexibility index (Phi) is 4.39. The molecule has 2 N–H and O–H groups in total. The number of ether oxygens (including phenoxy) is 1. The number of rotatable bonds is 5. The molecule has 2 atom stereocenters. The zero-order chi connectivity index (χ0) is 14.6. The number of methoxy groups -OCH3 is 1. The molecule has 2 amide bonds. The molecule has 1 aliphatic rings. The van der Waals surface area contributed by atoms with Crippen molar-refractivity contribution < 1.29 is 14.3 Å². The highest BCUT2D eigenvalue weighted by molar-refractivity contribution is 5.91. The lowest BCUT2D eigenvalue weighted by molar-refractivity contribution is -0.127. The number of carbonyl (C=O) groups excluding carboxylic acids is 2. The van der Waals surface area contributed by atoms with Gasteiger partial charge in [0, 0.05) is 13.5 Å². The first-order valence-electron chi connectivity index (χ1n) is 6.71. The summed E-state index contributed by atoms with van der Waals surface area (Å²) in [6.45, 7) is 2.28. The molecule has 1 aromatic carbocycles. The predicted molar refractivity (Wildman–Crippen MR) is 75.0 cm³/mol. The van der Waals surface area contributed by atoms with Gasteiger partial charge in [-0.1, -0.05) is 30.3 Å². The molecule has 0 bridgehead atoms. The maximum Gasteiger partial charge on any atom is 0.243 e. The van der Waals surface area contributed by atoms with Gasteiger partial charge in [0.25, 0.3) is 0 Å². The van der Waals surface area contributed by atoms with Crippen molar-refractivity contribution in [2.24, 2.45) is 0 Å². The van der Waals surface area contributed by atoms with Gasteiger partial charge in [0.2, 0.25) is 11.8 Å². The van der Waals surface area contributed by atoms with Crippen molar-refractivity contribution in [2.75, 3.05) is 13.7 Å². The minimum Gasteiger partial charge on any atom is -0.382 e. The highest BCUT2D eigenvalue weighted by atomic mass is 16.5. The Bertz CT molecular complexity index is 489. The van der Waals surface area contributed by atoms with Crippen LogP contribution in [0.5, 0.6) is 0 Å². The second-order valence-electron chi connectivity index (χ2n) is 5.28. The minimum atomic E-state index is -0.611. The van der Waals surface area contributed by atoms with Crippen LogP contribution in [0.15, 0.2) is 30.3 Å². The van der Waals surface area contributed by atoms with Crippen LogP contribution >= 0.6 is 0 Å². The third-order valence-electron chi connectivity index (χ3n) is 3.55. The van der Waals surface area contributed by atoms with Crippen LogP contribution in [0.3, 0.4) is 0 Å². The van der Waals surface area contributed by atoms with E-state index in [9.17, 15) is 9.59 Å². The van der Waals surface area contributed by atoms with Crippen molar-refractivity contribution in [1.82, 2.24) is 10.6 Å². The largest absolute Gasteiger partial charge is 0.382 e. The lowest BCUT2D eigenvalue weighted by Crippen LogP contribution is -2.52. The first-order valence-corrected chi connectivity index (χ1v) is 6.71. The van der Waals surface area contributed by atoms with Crippen LogP contribution in [-0.2, 0) is 19.9 Å². The molecule has 20 heavy (non-hydrogen) atoms. The fourth-order valence-corrected chi connectivity index (χ4v) is 2.46. The molecule has 0 radical (unpaired) electrons. The SMILES string of the molecule is COC[C@@](C)(NC(=O)[C@H]1CCC(=O)N1)c1ccccc1. The van der Waals surface area contributed by atoms with Gasteiger partial charge < -0.3 is 15.4 Å². The first-order chi connectivity index (χ1) is 9.55.